The molecule has 74 valence electrons. The summed E-state index contributed by atoms with van der Waals surface area (Å²) < 4.78 is 0.606. The van der Waals surface area contributed by atoms with Gasteiger partial charge in [-0.15, -0.1) is 0 Å². The van der Waals surface area contributed by atoms with Crippen LogP contribution in [0, 0.1) is 3.70 Å². The van der Waals surface area contributed by atoms with Crippen LogP contribution < -0.4 is 0 Å². The van der Waals surface area contributed by atoms with E-state index in [1.165, 1.54) is 0 Å². The molecule has 0 unspecified atom stereocenters. The van der Waals surface area contributed by atoms with Crippen LogP contribution in [-0.2, 0) is 0 Å². The van der Waals surface area contributed by atoms with Crippen LogP contribution in [0.3, 0.4) is 0 Å². The standard InChI is InChI=1S/C8H3Cl3INO/c9-6(10)3-5(14)4-1-2-7(12)13-8(4)11/h1-3H. The Kier molecular flexibility index (Phi) is 4.63. The Bertz CT molecular complexity index is 402. The quantitative estimate of drug-likeness (QED) is 0.346. The van der Waals surface area contributed by atoms with Gasteiger partial charge in [0.1, 0.15) is 13.3 Å². The summed E-state index contributed by atoms with van der Waals surface area (Å²) in [6.45, 7) is 0. The van der Waals surface area contributed by atoms with Gasteiger partial charge in [-0.25, -0.2) is 4.98 Å². The van der Waals surface area contributed by atoms with Gasteiger partial charge in [0.15, 0.2) is 5.78 Å². The van der Waals surface area contributed by atoms with Crippen molar-refractivity contribution in [2.75, 3.05) is 0 Å². The Morgan fingerprint density at radius 2 is 2.07 bits per heavy atom. The van der Waals surface area contributed by atoms with Crippen LogP contribution in [0.15, 0.2) is 22.7 Å². The minimum absolute atomic E-state index is 0.107. The summed E-state index contributed by atoms with van der Waals surface area (Å²) in [5.41, 5.74) is 0.283. The number of rotatable bonds is 2. The van der Waals surface area contributed by atoms with E-state index >= 15 is 0 Å². The summed E-state index contributed by atoms with van der Waals surface area (Å²) in [5.74, 6) is -0.362. The van der Waals surface area contributed by atoms with Crippen LogP contribution >= 0.6 is 57.4 Å². The van der Waals surface area contributed by atoms with E-state index in [-0.39, 0.29) is 21.0 Å². The molecular formula is C8H3Cl3INO. The lowest BCUT2D eigenvalue weighted by atomic mass is 10.2. The molecule has 14 heavy (non-hydrogen) atoms. The fourth-order valence-electron chi connectivity index (χ4n) is 0.773. The molecule has 0 radical (unpaired) electrons. The highest BCUT2D eigenvalue weighted by Gasteiger charge is 2.09. The summed E-state index contributed by atoms with van der Waals surface area (Å²) in [6, 6.07) is 3.25. The first-order chi connectivity index (χ1) is 6.50. The van der Waals surface area contributed by atoms with Gasteiger partial charge < -0.3 is 0 Å². The molecule has 0 amide bonds. The number of carbonyl (C=O) groups excluding carboxylic acids is 1. The first kappa shape index (κ1) is 12.2. The molecule has 0 fully saturated rings. The Morgan fingerprint density at radius 1 is 1.43 bits per heavy atom. The molecule has 0 aromatic carbocycles. The molecule has 6 heteroatoms. The van der Waals surface area contributed by atoms with E-state index in [0.29, 0.717) is 3.70 Å². The molecule has 0 aliphatic rings. The predicted molar refractivity (Wildman–Crippen MR) is 66.1 cm³/mol. The zero-order valence-corrected chi connectivity index (χ0v) is 11.0. The summed E-state index contributed by atoms with van der Waals surface area (Å²) in [4.78, 5) is 15.3. The van der Waals surface area contributed by atoms with Crippen LogP contribution in [0.4, 0.5) is 0 Å². The molecular weight excluding hydrogens is 359 g/mol. The van der Waals surface area contributed by atoms with Gasteiger partial charge in [0.25, 0.3) is 0 Å². The maximum atomic E-state index is 11.4. The minimum Gasteiger partial charge on any atom is -0.289 e. The Hall–Kier alpha value is 0.160. The van der Waals surface area contributed by atoms with E-state index in [1.807, 2.05) is 22.6 Å². The predicted octanol–water partition coefficient (Wildman–Crippen LogP) is 3.84. The van der Waals surface area contributed by atoms with Gasteiger partial charge in [-0.05, 0) is 34.7 Å². The SMILES string of the molecule is O=C(C=C(Cl)Cl)c1ccc(I)nc1Cl. The lowest BCUT2D eigenvalue weighted by Crippen LogP contribution is -1.98. The molecule has 0 spiro atoms. The smallest absolute Gasteiger partial charge is 0.191 e. The lowest BCUT2D eigenvalue weighted by Gasteiger charge is -1.98. The Balaban J connectivity index is 3.08. The minimum atomic E-state index is -0.362. The highest BCUT2D eigenvalue weighted by atomic mass is 127. The largest absolute Gasteiger partial charge is 0.289 e. The molecule has 1 rings (SSSR count). The second-order valence-corrected chi connectivity index (χ2v) is 4.74. The highest BCUT2D eigenvalue weighted by molar-refractivity contribution is 14.1. The Labute approximate surface area is 109 Å². The van der Waals surface area contributed by atoms with E-state index in [9.17, 15) is 4.79 Å². The second-order valence-electron chi connectivity index (χ2n) is 2.27. The molecule has 0 aliphatic carbocycles. The van der Waals surface area contributed by atoms with Gasteiger partial charge in [0, 0.05) is 6.08 Å². The summed E-state index contributed by atoms with van der Waals surface area (Å²) in [6.07, 6.45) is 1.08. The first-order valence-electron chi connectivity index (χ1n) is 3.40. The average molecular weight is 362 g/mol. The molecule has 0 N–H and O–H groups in total. The Morgan fingerprint density at radius 3 is 2.57 bits per heavy atom. The third-order valence-corrected chi connectivity index (χ3v) is 2.43. The van der Waals surface area contributed by atoms with Gasteiger partial charge in [0.05, 0.1) is 5.56 Å². The molecule has 1 aromatic rings. The number of carbonyl (C=O) groups is 1. The molecule has 1 aromatic heterocycles. The molecule has 1 heterocycles. The van der Waals surface area contributed by atoms with Crippen molar-refractivity contribution < 1.29 is 4.79 Å². The van der Waals surface area contributed by atoms with Crippen molar-refractivity contribution in [3.63, 3.8) is 0 Å². The average Bonchev–Trinajstić information content (AvgIpc) is 2.01. The highest BCUT2D eigenvalue weighted by Crippen LogP contribution is 2.17. The third-order valence-electron chi connectivity index (χ3n) is 1.32. The van der Waals surface area contributed by atoms with E-state index in [4.69, 9.17) is 34.8 Å². The zero-order chi connectivity index (χ0) is 10.7. The topological polar surface area (TPSA) is 30.0 Å². The van der Waals surface area contributed by atoms with Crippen molar-refractivity contribution in [3.05, 3.63) is 37.1 Å². The van der Waals surface area contributed by atoms with Gasteiger partial charge in [-0.2, -0.15) is 0 Å². The van der Waals surface area contributed by atoms with Crippen LogP contribution in [-0.4, -0.2) is 10.8 Å². The van der Waals surface area contributed by atoms with Gasteiger partial charge in [0.2, 0.25) is 0 Å². The number of ketones is 1. The molecule has 0 bridgehead atoms. The fraction of sp³-hybridized carbons (Fsp3) is 0. The number of nitrogens with zero attached hydrogens (tertiary/aromatic N) is 1. The number of hydrogen-bond donors (Lipinski definition) is 0. The first-order valence-corrected chi connectivity index (χ1v) is 5.61. The summed E-state index contributed by atoms with van der Waals surface area (Å²) >= 11 is 18.4. The van der Waals surface area contributed by atoms with Crippen LogP contribution in [0.25, 0.3) is 0 Å². The van der Waals surface area contributed by atoms with Crippen molar-refractivity contribution in [1.82, 2.24) is 4.98 Å². The van der Waals surface area contributed by atoms with E-state index < -0.39 is 0 Å². The van der Waals surface area contributed by atoms with Crippen molar-refractivity contribution >= 4 is 63.2 Å². The van der Waals surface area contributed by atoms with Gasteiger partial charge >= 0.3 is 0 Å². The summed E-state index contributed by atoms with van der Waals surface area (Å²) in [7, 11) is 0. The van der Waals surface area contributed by atoms with E-state index in [0.717, 1.165) is 6.08 Å². The normalized spacial score (nSPS) is 9.71. The molecule has 0 atom stereocenters. The van der Waals surface area contributed by atoms with Crippen molar-refractivity contribution in [3.8, 4) is 0 Å². The van der Waals surface area contributed by atoms with E-state index in [2.05, 4.69) is 4.98 Å². The number of hydrogen-bond acceptors (Lipinski definition) is 2. The number of allylic oxidation sites excluding steroid dienone is 1. The second kappa shape index (κ2) is 5.30. The molecule has 0 saturated heterocycles. The number of halogens is 4. The van der Waals surface area contributed by atoms with Crippen LogP contribution in [0.1, 0.15) is 10.4 Å². The zero-order valence-electron chi connectivity index (χ0n) is 6.60. The van der Waals surface area contributed by atoms with Crippen molar-refractivity contribution in [2.24, 2.45) is 0 Å². The third kappa shape index (κ3) is 3.38. The molecule has 0 aliphatic heterocycles. The monoisotopic (exact) mass is 361 g/mol. The fourth-order valence-corrected chi connectivity index (χ4v) is 1.78. The summed E-state index contributed by atoms with van der Waals surface area (Å²) in [5, 5.41) is 0.146. The van der Waals surface area contributed by atoms with Crippen LogP contribution in [0.5, 0.6) is 0 Å². The van der Waals surface area contributed by atoms with E-state index in [1.54, 1.807) is 12.1 Å². The number of aromatic nitrogens is 1. The van der Waals surface area contributed by atoms with Crippen LogP contribution in [0.2, 0.25) is 5.15 Å². The maximum Gasteiger partial charge on any atom is 0.191 e. The van der Waals surface area contributed by atoms with Gasteiger partial charge in [-0.3, -0.25) is 4.79 Å². The lowest BCUT2D eigenvalue weighted by molar-refractivity contribution is 0.104. The van der Waals surface area contributed by atoms with Gasteiger partial charge in [-0.1, -0.05) is 34.8 Å². The van der Waals surface area contributed by atoms with Crippen molar-refractivity contribution in [1.29, 1.82) is 0 Å². The maximum absolute atomic E-state index is 11.4. The molecule has 2 nitrogen and oxygen atoms in total. The van der Waals surface area contributed by atoms with Crippen molar-refractivity contribution in [2.45, 2.75) is 0 Å². The number of pyridine rings is 1. The molecule has 0 saturated carbocycles.